The fourth-order valence-electron chi connectivity index (χ4n) is 3.79. The van der Waals surface area contributed by atoms with E-state index in [2.05, 4.69) is 17.6 Å². The first-order valence-electron chi connectivity index (χ1n) is 8.80. The molecule has 1 aromatic rings. The summed E-state index contributed by atoms with van der Waals surface area (Å²) < 4.78 is 0. The van der Waals surface area contributed by atoms with Crippen LogP contribution >= 0.6 is 12.4 Å². The number of benzene rings is 1. The van der Waals surface area contributed by atoms with Crippen molar-refractivity contribution < 1.29 is 9.59 Å². The van der Waals surface area contributed by atoms with E-state index < -0.39 is 0 Å². The minimum atomic E-state index is 0. The molecule has 1 atom stereocenters. The van der Waals surface area contributed by atoms with Crippen molar-refractivity contribution in [3.63, 3.8) is 0 Å². The summed E-state index contributed by atoms with van der Waals surface area (Å²) in [6.07, 6.45) is 5.38. The third kappa shape index (κ3) is 4.58. The lowest BCUT2D eigenvalue weighted by Crippen LogP contribution is -2.32. The fraction of sp³-hybridized carbons (Fsp3) is 0.579. The van der Waals surface area contributed by atoms with E-state index >= 15 is 0 Å². The van der Waals surface area contributed by atoms with E-state index in [4.69, 9.17) is 0 Å². The molecule has 1 fully saturated rings. The number of anilines is 1. The van der Waals surface area contributed by atoms with Gasteiger partial charge < -0.3 is 10.6 Å². The molecule has 1 heterocycles. The molecule has 1 aliphatic carbocycles. The van der Waals surface area contributed by atoms with Gasteiger partial charge in [0.1, 0.15) is 0 Å². The molecule has 5 heteroatoms. The second kappa shape index (κ2) is 8.63. The molecule has 1 saturated heterocycles. The van der Waals surface area contributed by atoms with Crippen molar-refractivity contribution in [3.8, 4) is 0 Å². The van der Waals surface area contributed by atoms with Crippen molar-refractivity contribution in [2.45, 2.75) is 45.4 Å². The molecule has 1 aromatic carbocycles. The summed E-state index contributed by atoms with van der Waals surface area (Å²) in [7, 11) is 0. The molecule has 24 heavy (non-hydrogen) atoms. The van der Waals surface area contributed by atoms with E-state index in [1.165, 1.54) is 0 Å². The zero-order valence-corrected chi connectivity index (χ0v) is 15.1. The highest BCUT2D eigenvalue weighted by Crippen LogP contribution is 2.26. The third-order valence-electron chi connectivity index (χ3n) is 5.24. The predicted octanol–water partition coefficient (Wildman–Crippen LogP) is 3.59. The number of ketones is 1. The number of rotatable bonds is 4. The molecule has 1 amide bonds. The summed E-state index contributed by atoms with van der Waals surface area (Å²) in [4.78, 5) is 24.3. The van der Waals surface area contributed by atoms with Gasteiger partial charge in [0, 0.05) is 24.1 Å². The maximum atomic E-state index is 12.3. The van der Waals surface area contributed by atoms with E-state index in [9.17, 15) is 9.59 Å². The minimum Gasteiger partial charge on any atom is -0.326 e. The number of hydrogen-bond acceptors (Lipinski definition) is 3. The van der Waals surface area contributed by atoms with Crippen molar-refractivity contribution in [2.75, 3.05) is 18.4 Å². The number of aryl methyl sites for hydroxylation is 1. The molecule has 1 aliphatic heterocycles. The Hall–Kier alpha value is -1.39. The van der Waals surface area contributed by atoms with E-state index in [0.29, 0.717) is 24.7 Å². The average molecular weight is 351 g/mol. The van der Waals surface area contributed by atoms with Gasteiger partial charge in [0.25, 0.3) is 0 Å². The van der Waals surface area contributed by atoms with E-state index in [0.717, 1.165) is 55.6 Å². The standard InChI is InChI=1S/C19H26N2O2.ClH/c1-13(14-7-9-20-10-8-14)11-19(23)21-16-6-5-15-3-2-4-18(22)17(15)12-16;/h5-6,12-14,20H,2-4,7-11H2,1H3,(H,21,23);1H. The van der Waals surface area contributed by atoms with E-state index in [1.807, 2.05) is 18.2 Å². The Bertz CT molecular complexity index is 597. The number of nitrogens with one attached hydrogen (secondary N) is 2. The summed E-state index contributed by atoms with van der Waals surface area (Å²) in [5.74, 6) is 1.29. The lowest BCUT2D eigenvalue weighted by Gasteiger charge is -2.27. The molecule has 4 nitrogen and oxygen atoms in total. The quantitative estimate of drug-likeness (QED) is 0.872. The summed E-state index contributed by atoms with van der Waals surface area (Å²) in [6, 6.07) is 5.76. The number of halogens is 1. The molecule has 2 N–H and O–H groups in total. The van der Waals surface area contributed by atoms with Crippen molar-refractivity contribution in [1.29, 1.82) is 0 Å². The third-order valence-corrected chi connectivity index (χ3v) is 5.24. The number of carbonyl (C=O) groups excluding carboxylic acids is 2. The normalized spacial score (nSPS) is 19.1. The molecule has 1 unspecified atom stereocenters. The number of Topliss-reactive ketones (excluding diaryl/α,β-unsaturated/α-hetero) is 1. The Morgan fingerprint density at radius 2 is 2.04 bits per heavy atom. The van der Waals surface area contributed by atoms with Gasteiger partial charge in [-0.05, 0) is 68.3 Å². The topological polar surface area (TPSA) is 58.2 Å². The lowest BCUT2D eigenvalue weighted by atomic mass is 9.84. The largest absolute Gasteiger partial charge is 0.326 e. The summed E-state index contributed by atoms with van der Waals surface area (Å²) in [5, 5.41) is 6.34. The molecule has 0 radical (unpaired) electrons. The maximum Gasteiger partial charge on any atom is 0.224 e. The Morgan fingerprint density at radius 1 is 1.29 bits per heavy atom. The van der Waals surface area contributed by atoms with E-state index in [1.54, 1.807) is 0 Å². The van der Waals surface area contributed by atoms with Gasteiger partial charge in [-0.1, -0.05) is 13.0 Å². The number of amides is 1. The monoisotopic (exact) mass is 350 g/mol. The number of fused-ring (bicyclic) bond motifs is 1. The molecular formula is C19H27ClN2O2. The predicted molar refractivity (Wildman–Crippen MR) is 99.0 cm³/mol. The van der Waals surface area contributed by atoms with Gasteiger partial charge in [0.2, 0.25) is 5.91 Å². The molecule has 132 valence electrons. The minimum absolute atomic E-state index is 0. The number of hydrogen-bond donors (Lipinski definition) is 2. The summed E-state index contributed by atoms with van der Waals surface area (Å²) >= 11 is 0. The molecule has 2 aliphatic rings. The van der Waals surface area contributed by atoms with Crippen LogP contribution < -0.4 is 10.6 Å². The van der Waals surface area contributed by atoms with Gasteiger partial charge in [-0.15, -0.1) is 12.4 Å². The smallest absolute Gasteiger partial charge is 0.224 e. The average Bonchev–Trinajstić information content (AvgIpc) is 2.56. The summed E-state index contributed by atoms with van der Waals surface area (Å²) in [6.45, 7) is 4.29. The SMILES string of the molecule is CC(CC(=O)Nc1ccc2c(c1)C(=O)CCC2)C1CCNCC1.Cl. The molecule has 0 saturated carbocycles. The second-order valence-electron chi connectivity index (χ2n) is 6.97. The van der Waals surface area contributed by atoms with Gasteiger partial charge in [-0.25, -0.2) is 0 Å². The highest BCUT2D eigenvalue weighted by atomic mass is 35.5. The fourth-order valence-corrected chi connectivity index (χ4v) is 3.79. The van der Waals surface area contributed by atoms with Crippen molar-refractivity contribution in [1.82, 2.24) is 5.32 Å². The molecular weight excluding hydrogens is 324 g/mol. The lowest BCUT2D eigenvalue weighted by molar-refractivity contribution is -0.117. The molecule has 0 bridgehead atoms. The molecule has 3 rings (SSSR count). The Kier molecular flexibility index (Phi) is 6.81. The van der Waals surface area contributed by atoms with Gasteiger partial charge >= 0.3 is 0 Å². The number of piperidine rings is 1. The van der Waals surface area contributed by atoms with Crippen molar-refractivity contribution in [2.24, 2.45) is 11.8 Å². The van der Waals surface area contributed by atoms with Gasteiger partial charge in [0.15, 0.2) is 5.78 Å². The Morgan fingerprint density at radius 3 is 2.79 bits per heavy atom. The van der Waals surface area contributed by atoms with Crippen LogP contribution in [0.1, 0.15) is 54.9 Å². The van der Waals surface area contributed by atoms with E-state index in [-0.39, 0.29) is 24.1 Å². The van der Waals surface area contributed by atoms with Crippen molar-refractivity contribution >= 4 is 29.8 Å². The highest BCUT2D eigenvalue weighted by molar-refractivity contribution is 6.00. The van der Waals surface area contributed by atoms with Gasteiger partial charge in [-0.2, -0.15) is 0 Å². The number of carbonyl (C=O) groups is 2. The van der Waals surface area contributed by atoms with Crippen LogP contribution in [-0.2, 0) is 11.2 Å². The zero-order valence-electron chi connectivity index (χ0n) is 14.3. The van der Waals surface area contributed by atoms with Crippen LogP contribution in [0, 0.1) is 11.8 Å². The maximum absolute atomic E-state index is 12.3. The van der Waals surface area contributed by atoms with Crippen LogP contribution in [-0.4, -0.2) is 24.8 Å². The van der Waals surface area contributed by atoms with Crippen LogP contribution in [0.3, 0.4) is 0 Å². The zero-order chi connectivity index (χ0) is 16.2. The first kappa shape index (κ1) is 18.9. The first-order chi connectivity index (χ1) is 11.1. The van der Waals surface area contributed by atoms with Crippen molar-refractivity contribution in [3.05, 3.63) is 29.3 Å². The van der Waals surface area contributed by atoms with Gasteiger partial charge in [-0.3, -0.25) is 9.59 Å². The Balaban J connectivity index is 0.00000208. The second-order valence-corrected chi connectivity index (χ2v) is 6.97. The highest BCUT2D eigenvalue weighted by Gasteiger charge is 2.22. The van der Waals surface area contributed by atoms with Crippen LogP contribution in [0.4, 0.5) is 5.69 Å². The Labute approximate surface area is 150 Å². The van der Waals surface area contributed by atoms with Crippen LogP contribution in [0.2, 0.25) is 0 Å². The molecule has 0 spiro atoms. The first-order valence-corrected chi connectivity index (χ1v) is 8.80. The van der Waals surface area contributed by atoms with Crippen LogP contribution in [0.15, 0.2) is 18.2 Å². The molecule has 0 aromatic heterocycles. The van der Waals surface area contributed by atoms with Crippen LogP contribution in [0.5, 0.6) is 0 Å². The van der Waals surface area contributed by atoms with Gasteiger partial charge in [0.05, 0.1) is 0 Å². The summed E-state index contributed by atoms with van der Waals surface area (Å²) in [5.41, 5.74) is 2.66. The van der Waals surface area contributed by atoms with Crippen LogP contribution in [0.25, 0.3) is 0 Å².